The van der Waals surface area contributed by atoms with Crippen LogP contribution in [0.15, 0.2) is 30.3 Å². The Balaban J connectivity index is 1.77. The van der Waals surface area contributed by atoms with Crippen LogP contribution < -0.4 is 5.32 Å². The van der Waals surface area contributed by atoms with E-state index in [0.29, 0.717) is 6.04 Å². The van der Waals surface area contributed by atoms with Gasteiger partial charge < -0.3 is 10.2 Å². The largest absolute Gasteiger partial charge is 0.350 e. The Hall–Kier alpha value is -1.92. The summed E-state index contributed by atoms with van der Waals surface area (Å²) in [6.45, 7) is 11.8. The molecule has 150 valence electrons. The maximum absolute atomic E-state index is 12.6. The fourth-order valence-corrected chi connectivity index (χ4v) is 3.39. The van der Waals surface area contributed by atoms with Gasteiger partial charge >= 0.3 is 0 Å². The van der Waals surface area contributed by atoms with Crippen molar-refractivity contribution in [2.45, 2.75) is 39.3 Å². The zero-order valence-electron chi connectivity index (χ0n) is 17.4. The summed E-state index contributed by atoms with van der Waals surface area (Å²) < 4.78 is 0. The van der Waals surface area contributed by atoms with Gasteiger partial charge in [-0.05, 0) is 40.3 Å². The molecule has 1 heterocycles. The molecule has 1 atom stereocenters. The van der Waals surface area contributed by atoms with Crippen molar-refractivity contribution in [2.75, 3.05) is 46.3 Å². The van der Waals surface area contributed by atoms with Crippen LogP contribution in [0.2, 0.25) is 0 Å². The first-order valence-corrected chi connectivity index (χ1v) is 9.72. The molecule has 1 aromatic carbocycles. The van der Waals surface area contributed by atoms with Crippen molar-refractivity contribution in [1.29, 1.82) is 0 Å². The highest BCUT2D eigenvalue weighted by molar-refractivity contribution is 5.81. The predicted molar refractivity (Wildman–Crippen MR) is 108 cm³/mol. The highest BCUT2D eigenvalue weighted by Crippen LogP contribution is 2.21. The quantitative estimate of drug-likeness (QED) is 0.824. The van der Waals surface area contributed by atoms with Crippen molar-refractivity contribution in [1.82, 2.24) is 20.0 Å². The molecule has 0 spiro atoms. The smallest absolute Gasteiger partial charge is 0.236 e. The van der Waals surface area contributed by atoms with E-state index in [4.69, 9.17) is 0 Å². The molecule has 6 heteroatoms. The zero-order valence-corrected chi connectivity index (χ0v) is 17.4. The van der Waals surface area contributed by atoms with Gasteiger partial charge in [0.15, 0.2) is 0 Å². The van der Waals surface area contributed by atoms with Crippen LogP contribution >= 0.6 is 0 Å². The second kappa shape index (κ2) is 9.33. The molecule has 1 fully saturated rings. The van der Waals surface area contributed by atoms with E-state index in [9.17, 15) is 9.59 Å². The monoisotopic (exact) mass is 374 g/mol. The topological polar surface area (TPSA) is 55.9 Å². The first kappa shape index (κ1) is 21.4. The lowest BCUT2D eigenvalue weighted by molar-refractivity contribution is -0.134. The fourth-order valence-electron chi connectivity index (χ4n) is 3.39. The number of likely N-dealkylation sites (N-methyl/N-ethyl adjacent to an activating group) is 1. The van der Waals surface area contributed by atoms with Gasteiger partial charge in [0.2, 0.25) is 11.8 Å². The summed E-state index contributed by atoms with van der Waals surface area (Å²) in [6.07, 6.45) is 0. The van der Waals surface area contributed by atoms with Crippen LogP contribution in [0.3, 0.4) is 0 Å². The molecule has 0 radical (unpaired) electrons. The lowest BCUT2D eigenvalue weighted by Gasteiger charge is -2.38. The molecule has 2 amide bonds. The minimum absolute atomic E-state index is 0.0562. The van der Waals surface area contributed by atoms with E-state index in [1.54, 1.807) is 4.90 Å². The molecule has 6 nitrogen and oxygen atoms in total. The average molecular weight is 375 g/mol. The van der Waals surface area contributed by atoms with Gasteiger partial charge in [0.05, 0.1) is 13.1 Å². The Kier molecular flexibility index (Phi) is 7.39. The highest BCUT2D eigenvalue weighted by atomic mass is 16.2. The maximum Gasteiger partial charge on any atom is 0.236 e. The molecule has 0 saturated carbocycles. The first-order valence-electron chi connectivity index (χ1n) is 9.72. The third-order valence-corrected chi connectivity index (χ3v) is 4.83. The predicted octanol–water partition coefficient (Wildman–Crippen LogP) is 1.74. The number of rotatable bonds is 6. The Morgan fingerprint density at radius 2 is 1.67 bits per heavy atom. The van der Waals surface area contributed by atoms with Gasteiger partial charge in [-0.15, -0.1) is 0 Å². The molecule has 1 aliphatic heterocycles. The van der Waals surface area contributed by atoms with Gasteiger partial charge in [0, 0.05) is 37.8 Å². The van der Waals surface area contributed by atoms with Crippen LogP contribution in [0.5, 0.6) is 0 Å². The van der Waals surface area contributed by atoms with Crippen LogP contribution in [0.25, 0.3) is 0 Å². The van der Waals surface area contributed by atoms with Crippen LogP contribution in [-0.2, 0) is 9.59 Å². The van der Waals surface area contributed by atoms with E-state index in [-0.39, 0.29) is 30.4 Å². The molecule has 0 bridgehead atoms. The van der Waals surface area contributed by atoms with Crippen molar-refractivity contribution in [3.8, 4) is 0 Å². The number of amides is 2. The molecular formula is C21H34N4O2. The molecule has 1 saturated heterocycles. The van der Waals surface area contributed by atoms with E-state index in [1.807, 2.05) is 38.8 Å². The van der Waals surface area contributed by atoms with E-state index in [1.165, 1.54) is 5.56 Å². The molecule has 27 heavy (non-hydrogen) atoms. The normalized spacial score (nSPS) is 17.0. The van der Waals surface area contributed by atoms with Gasteiger partial charge in [-0.2, -0.15) is 0 Å². The average Bonchev–Trinajstić information content (AvgIpc) is 2.60. The Labute approximate surface area is 163 Å². The lowest BCUT2D eigenvalue weighted by Crippen LogP contribution is -2.52. The van der Waals surface area contributed by atoms with Crippen molar-refractivity contribution in [3.63, 3.8) is 0 Å². The molecule has 1 aromatic rings. The molecule has 0 aromatic heterocycles. The van der Waals surface area contributed by atoms with E-state index in [0.717, 1.165) is 26.2 Å². The third-order valence-electron chi connectivity index (χ3n) is 4.83. The number of nitrogens with one attached hydrogen (secondary N) is 1. The van der Waals surface area contributed by atoms with Crippen LogP contribution in [0.4, 0.5) is 0 Å². The minimum atomic E-state index is -0.256. The summed E-state index contributed by atoms with van der Waals surface area (Å²) in [7, 11) is 1.81. The van der Waals surface area contributed by atoms with Crippen LogP contribution in [0.1, 0.15) is 39.3 Å². The lowest BCUT2D eigenvalue weighted by atomic mass is 10.1. The van der Waals surface area contributed by atoms with Gasteiger partial charge in [-0.25, -0.2) is 0 Å². The number of nitrogens with zero attached hydrogens (tertiary/aromatic N) is 3. The number of carbonyl (C=O) groups excluding carboxylic acids is 2. The molecule has 1 aliphatic rings. The summed E-state index contributed by atoms with van der Waals surface area (Å²) in [4.78, 5) is 30.7. The summed E-state index contributed by atoms with van der Waals surface area (Å²) in [5.74, 6) is 0.0346. The fraction of sp³-hybridized carbons (Fsp3) is 0.619. The Bertz CT molecular complexity index is 619. The number of benzene rings is 1. The molecule has 0 unspecified atom stereocenters. The molecule has 0 aliphatic carbocycles. The summed E-state index contributed by atoms with van der Waals surface area (Å²) in [6, 6.07) is 10.8. The minimum Gasteiger partial charge on any atom is -0.350 e. The van der Waals surface area contributed by atoms with Crippen LogP contribution in [-0.4, -0.2) is 78.4 Å². The summed E-state index contributed by atoms with van der Waals surface area (Å²) >= 11 is 0. The molecule has 2 rings (SSSR count). The van der Waals surface area contributed by atoms with Crippen molar-refractivity contribution >= 4 is 11.8 Å². The SMILES string of the molecule is C[C@@H](c1ccccc1)N1CCN(C(=O)CN(C)CC(=O)NC(C)(C)C)CC1. The van der Waals surface area contributed by atoms with Crippen molar-refractivity contribution in [2.24, 2.45) is 0 Å². The standard InChI is InChI=1S/C21H34N4O2/c1-17(18-9-7-6-8-10-18)24-11-13-25(14-12-24)20(27)16-23(5)15-19(26)22-21(2,3)4/h6-10,17H,11-16H2,1-5H3,(H,22,26)/t17-/m0/s1. The second-order valence-corrected chi connectivity index (χ2v) is 8.47. The Morgan fingerprint density at radius 1 is 1.07 bits per heavy atom. The van der Waals surface area contributed by atoms with E-state index in [2.05, 4.69) is 41.4 Å². The highest BCUT2D eigenvalue weighted by Gasteiger charge is 2.25. The van der Waals surface area contributed by atoms with Gasteiger partial charge in [0.1, 0.15) is 0 Å². The number of carbonyl (C=O) groups is 2. The number of piperazine rings is 1. The summed E-state index contributed by atoms with van der Waals surface area (Å²) in [5, 5.41) is 2.92. The van der Waals surface area contributed by atoms with Gasteiger partial charge in [-0.3, -0.25) is 19.4 Å². The number of hydrogen-bond donors (Lipinski definition) is 1. The third kappa shape index (κ3) is 6.96. The maximum atomic E-state index is 12.6. The molecular weight excluding hydrogens is 340 g/mol. The van der Waals surface area contributed by atoms with E-state index < -0.39 is 0 Å². The second-order valence-electron chi connectivity index (χ2n) is 8.47. The van der Waals surface area contributed by atoms with Crippen molar-refractivity contribution in [3.05, 3.63) is 35.9 Å². The Morgan fingerprint density at radius 3 is 2.22 bits per heavy atom. The first-order chi connectivity index (χ1) is 12.7. The van der Waals surface area contributed by atoms with Gasteiger partial charge in [-0.1, -0.05) is 30.3 Å². The van der Waals surface area contributed by atoms with E-state index >= 15 is 0 Å². The summed E-state index contributed by atoms with van der Waals surface area (Å²) in [5.41, 5.74) is 1.05. The van der Waals surface area contributed by atoms with Gasteiger partial charge in [0.25, 0.3) is 0 Å². The van der Waals surface area contributed by atoms with Crippen molar-refractivity contribution < 1.29 is 9.59 Å². The van der Waals surface area contributed by atoms with Crippen LogP contribution in [0, 0.1) is 0 Å². The number of hydrogen-bond acceptors (Lipinski definition) is 4. The molecule has 1 N–H and O–H groups in total. The zero-order chi connectivity index (χ0) is 20.0.